The number of pyridine rings is 2. The van der Waals surface area contributed by atoms with E-state index in [1.54, 1.807) is 24.4 Å². The van der Waals surface area contributed by atoms with Gasteiger partial charge in [0.1, 0.15) is 11.8 Å². The lowest BCUT2D eigenvalue weighted by Gasteiger charge is -2.32. The molecule has 1 fully saturated rings. The van der Waals surface area contributed by atoms with E-state index in [1.165, 1.54) is 24.8 Å². The summed E-state index contributed by atoms with van der Waals surface area (Å²) in [4.78, 5) is 38.0. The van der Waals surface area contributed by atoms with Crippen molar-refractivity contribution in [2.24, 2.45) is 0 Å². The van der Waals surface area contributed by atoms with Gasteiger partial charge in [-0.05, 0) is 25.1 Å². The highest BCUT2D eigenvalue weighted by Gasteiger charge is 2.42. The molecule has 4 rings (SSSR count). The number of hydrogen-bond donors (Lipinski definition) is 3. The molecule has 1 amide bonds. The van der Waals surface area contributed by atoms with Crippen LogP contribution in [0.1, 0.15) is 23.7 Å². The third-order valence-corrected chi connectivity index (χ3v) is 5.18. The monoisotopic (exact) mass is 570 g/mol. The largest absolute Gasteiger partial charge is 0.490 e. The van der Waals surface area contributed by atoms with Crippen LogP contribution in [0.3, 0.4) is 0 Å². The molecule has 1 saturated heterocycles. The van der Waals surface area contributed by atoms with Crippen LogP contribution in [0.25, 0.3) is 11.4 Å². The summed E-state index contributed by atoms with van der Waals surface area (Å²) in [5.41, 5.74) is 0.617. The number of carbonyl (C=O) groups excluding carboxylic acids is 1. The Bertz CT molecular complexity index is 1310. The maximum Gasteiger partial charge on any atom is 0.490 e. The molecular weight excluding hydrogens is 547 g/mol. The summed E-state index contributed by atoms with van der Waals surface area (Å²) in [6.07, 6.45) is 1.79. The number of halogens is 5. The normalized spacial score (nSPS) is 16.2. The zero-order valence-corrected chi connectivity index (χ0v) is 20.8. The maximum absolute atomic E-state index is 14.0. The van der Waals surface area contributed by atoms with E-state index in [4.69, 9.17) is 19.4 Å². The minimum Gasteiger partial charge on any atom is -0.488 e. The number of carboxylic acid groups (broad SMARTS) is 1. The van der Waals surface area contributed by atoms with E-state index >= 15 is 0 Å². The zero-order chi connectivity index (χ0) is 29.3. The molecule has 4 heterocycles. The molecule has 0 bridgehead atoms. The molecule has 3 aromatic heterocycles. The molecular formula is C24H23F5N6O5. The summed E-state index contributed by atoms with van der Waals surface area (Å²) in [6, 6.07) is 3.87. The first-order chi connectivity index (χ1) is 18.9. The number of carboxylic acids is 1. The van der Waals surface area contributed by atoms with Crippen molar-refractivity contribution < 1.29 is 46.1 Å². The van der Waals surface area contributed by atoms with Gasteiger partial charge in [-0.1, -0.05) is 0 Å². The summed E-state index contributed by atoms with van der Waals surface area (Å²) >= 11 is 0. The molecule has 0 aromatic carbocycles. The van der Waals surface area contributed by atoms with Crippen molar-refractivity contribution in [2.75, 3.05) is 19.7 Å². The second kappa shape index (κ2) is 13.1. The lowest BCUT2D eigenvalue weighted by Crippen LogP contribution is -2.57. The molecule has 3 aromatic rings. The number of amides is 1. The number of hydrogen-bond acceptors (Lipinski definition) is 9. The van der Waals surface area contributed by atoms with Gasteiger partial charge in [-0.3, -0.25) is 9.78 Å². The molecule has 0 radical (unpaired) electrons. The maximum atomic E-state index is 14.0. The standard InChI is InChI=1S/C22H22F2N6O3.C2HF3O2/c1-2-32-17-4-3-6-27-21(17)33-16-8-14(9-26-12-16)19-28-10-15(11-29-19)20(31)30-18-13-25-7-5-22(18,23)24;3-2(4,5)1(6)7/h3-4,6,8-12,18,25H,2,5,7,13H2,1H3,(H,30,31);(H,6,7)/t18-;/m1./s1. The summed E-state index contributed by atoms with van der Waals surface area (Å²) in [6.45, 7) is 2.53. The third kappa shape index (κ3) is 8.26. The van der Waals surface area contributed by atoms with Gasteiger partial charge in [0, 0.05) is 49.9 Å². The van der Waals surface area contributed by atoms with Crippen molar-refractivity contribution >= 4 is 11.9 Å². The van der Waals surface area contributed by atoms with E-state index < -0.39 is 30.0 Å². The average molecular weight is 570 g/mol. The van der Waals surface area contributed by atoms with Gasteiger partial charge < -0.3 is 25.2 Å². The summed E-state index contributed by atoms with van der Waals surface area (Å²) in [5, 5.41) is 12.3. The van der Waals surface area contributed by atoms with Crippen LogP contribution in [0, 0.1) is 0 Å². The Kier molecular flexibility index (Phi) is 9.82. The molecule has 16 heteroatoms. The number of piperidine rings is 1. The fourth-order valence-corrected chi connectivity index (χ4v) is 3.24. The summed E-state index contributed by atoms with van der Waals surface area (Å²) in [5.74, 6) is -4.92. The van der Waals surface area contributed by atoms with Crippen molar-refractivity contribution in [2.45, 2.75) is 31.5 Å². The first kappa shape index (κ1) is 30.1. The second-order valence-corrected chi connectivity index (χ2v) is 8.09. The van der Waals surface area contributed by atoms with Crippen LogP contribution >= 0.6 is 0 Å². The Balaban J connectivity index is 0.000000559. The van der Waals surface area contributed by atoms with Crippen LogP contribution in [0.15, 0.2) is 49.2 Å². The molecule has 11 nitrogen and oxygen atoms in total. The van der Waals surface area contributed by atoms with E-state index in [0.717, 1.165) is 0 Å². The van der Waals surface area contributed by atoms with Crippen LogP contribution in [0.5, 0.6) is 17.4 Å². The van der Waals surface area contributed by atoms with Crippen LogP contribution in [-0.4, -0.2) is 74.8 Å². The lowest BCUT2D eigenvalue weighted by atomic mass is 10.0. The van der Waals surface area contributed by atoms with Crippen molar-refractivity contribution in [1.29, 1.82) is 0 Å². The molecule has 0 unspecified atom stereocenters. The van der Waals surface area contributed by atoms with Gasteiger partial charge >= 0.3 is 12.1 Å². The number of nitrogens with one attached hydrogen (secondary N) is 2. The molecule has 214 valence electrons. The van der Waals surface area contributed by atoms with Gasteiger partial charge in [0.25, 0.3) is 17.7 Å². The molecule has 1 aliphatic heterocycles. The minimum absolute atomic E-state index is 0.00256. The van der Waals surface area contributed by atoms with Gasteiger partial charge in [-0.15, -0.1) is 0 Å². The van der Waals surface area contributed by atoms with Crippen LogP contribution in [-0.2, 0) is 4.79 Å². The Labute approximate surface area is 223 Å². The number of alkyl halides is 5. The predicted molar refractivity (Wildman–Crippen MR) is 128 cm³/mol. The fraction of sp³-hybridized carbons (Fsp3) is 0.333. The first-order valence-corrected chi connectivity index (χ1v) is 11.6. The summed E-state index contributed by atoms with van der Waals surface area (Å²) < 4.78 is 71.0. The molecule has 1 atom stereocenters. The number of nitrogens with zero attached hydrogens (tertiary/aromatic N) is 4. The van der Waals surface area contributed by atoms with Gasteiger partial charge in [-0.2, -0.15) is 13.2 Å². The molecule has 1 aliphatic rings. The molecule has 0 aliphatic carbocycles. The predicted octanol–water partition coefficient (Wildman–Crippen LogP) is 3.48. The van der Waals surface area contributed by atoms with Crippen molar-refractivity contribution in [3.8, 4) is 28.8 Å². The molecule has 0 saturated carbocycles. The van der Waals surface area contributed by atoms with Crippen molar-refractivity contribution in [3.63, 3.8) is 0 Å². The van der Waals surface area contributed by atoms with Crippen LogP contribution in [0.2, 0.25) is 0 Å². The minimum atomic E-state index is -5.08. The van der Waals surface area contributed by atoms with E-state index in [1.807, 2.05) is 6.92 Å². The van der Waals surface area contributed by atoms with Crippen molar-refractivity contribution in [1.82, 2.24) is 30.6 Å². The highest BCUT2D eigenvalue weighted by Crippen LogP contribution is 2.30. The second-order valence-electron chi connectivity index (χ2n) is 8.09. The highest BCUT2D eigenvalue weighted by molar-refractivity contribution is 5.94. The van der Waals surface area contributed by atoms with Crippen LogP contribution in [0.4, 0.5) is 22.0 Å². The number of aromatic nitrogens is 4. The van der Waals surface area contributed by atoms with E-state index in [0.29, 0.717) is 35.4 Å². The van der Waals surface area contributed by atoms with Gasteiger partial charge in [-0.25, -0.2) is 28.5 Å². The van der Waals surface area contributed by atoms with E-state index in [-0.39, 0.29) is 25.1 Å². The number of ether oxygens (including phenoxy) is 2. The number of carbonyl (C=O) groups is 2. The smallest absolute Gasteiger partial charge is 0.488 e. The number of rotatable bonds is 7. The van der Waals surface area contributed by atoms with Gasteiger partial charge in [0.2, 0.25) is 0 Å². The summed E-state index contributed by atoms with van der Waals surface area (Å²) in [7, 11) is 0. The molecule has 0 spiro atoms. The third-order valence-electron chi connectivity index (χ3n) is 5.18. The molecule has 3 N–H and O–H groups in total. The number of aliphatic carboxylic acids is 1. The van der Waals surface area contributed by atoms with Gasteiger partial charge in [0.05, 0.1) is 18.4 Å². The average Bonchev–Trinajstić information content (AvgIpc) is 2.91. The SMILES string of the molecule is CCOc1cccnc1Oc1cncc(-c2ncc(C(=O)N[C@@H]3CNCCC3(F)F)cn2)c1.O=C(O)C(F)(F)F. The van der Waals surface area contributed by atoms with Crippen molar-refractivity contribution in [3.05, 3.63) is 54.7 Å². The van der Waals surface area contributed by atoms with E-state index in [2.05, 4.69) is 30.6 Å². The van der Waals surface area contributed by atoms with E-state index in [9.17, 15) is 26.7 Å². The Morgan fingerprint density at radius 3 is 2.50 bits per heavy atom. The van der Waals surface area contributed by atoms with Gasteiger partial charge in [0.15, 0.2) is 11.6 Å². The Morgan fingerprint density at radius 1 is 1.18 bits per heavy atom. The van der Waals surface area contributed by atoms with Crippen LogP contribution < -0.4 is 20.1 Å². The Hall–Kier alpha value is -4.47. The quantitative estimate of drug-likeness (QED) is 0.361. The lowest BCUT2D eigenvalue weighted by molar-refractivity contribution is -0.192. The zero-order valence-electron chi connectivity index (χ0n) is 20.8. The Morgan fingerprint density at radius 2 is 1.88 bits per heavy atom. The molecule has 40 heavy (non-hydrogen) atoms. The highest BCUT2D eigenvalue weighted by atomic mass is 19.4. The topological polar surface area (TPSA) is 148 Å². The fourth-order valence-electron chi connectivity index (χ4n) is 3.24. The first-order valence-electron chi connectivity index (χ1n) is 11.6.